The van der Waals surface area contributed by atoms with Crippen LogP contribution in [-0.4, -0.2) is 11.1 Å². The molecule has 0 fully saturated rings. The van der Waals surface area contributed by atoms with Crippen molar-refractivity contribution in [2.24, 2.45) is 5.92 Å². The Balaban J connectivity index is 3.52. The van der Waals surface area contributed by atoms with Crippen molar-refractivity contribution in [2.45, 2.75) is 19.8 Å². The molecule has 0 rings (SSSR count). The van der Waals surface area contributed by atoms with Crippen LogP contribution in [-0.2, 0) is 4.79 Å². The maximum atomic E-state index is 10.1. The third-order valence-corrected chi connectivity index (χ3v) is 1.19. The lowest BCUT2D eigenvalue weighted by Gasteiger charge is -2.02. The standard InChI is InChI=1S/C6H11O2/c1-3-5(4-2)6(7)8/h5H,1,3-4H2,2H3,(H,7,8). The predicted molar refractivity (Wildman–Crippen MR) is 31.4 cm³/mol. The van der Waals surface area contributed by atoms with Gasteiger partial charge in [-0.25, -0.2) is 0 Å². The third-order valence-electron chi connectivity index (χ3n) is 1.19. The molecule has 0 aliphatic rings. The van der Waals surface area contributed by atoms with Crippen LogP contribution in [0, 0.1) is 12.8 Å². The summed E-state index contributed by atoms with van der Waals surface area (Å²) >= 11 is 0. The van der Waals surface area contributed by atoms with Gasteiger partial charge in [-0.05, 0) is 12.8 Å². The van der Waals surface area contributed by atoms with E-state index in [1.165, 1.54) is 0 Å². The molecule has 1 unspecified atom stereocenters. The number of carboxylic acids is 1. The Labute approximate surface area is 49.5 Å². The van der Waals surface area contributed by atoms with Gasteiger partial charge in [0.2, 0.25) is 0 Å². The number of hydrogen-bond donors (Lipinski definition) is 1. The van der Waals surface area contributed by atoms with E-state index in [-0.39, 0.29) is 5.92 Å². The van der Waals surface area contributed by atoms with Gasteiger partial charge in [-0.3, -0.25) is 4.79 Å². The maximum Gasteiger partial charge on any atom is 0.306 e. The van der Waals surface area contributed by atoms with Crippen molar-refractivity contribution < 1.29 is 9.90 Å². The minimum atomic E-state index is -0.734. The van der Waals surface area contributed by atoms with Gasteiger partial charge in [0.1, 0.15) is 0 Å². The molecule has 0 aliphatic carbocycles. The summed E-state index contributed by atoms with van der Waals surface area (Å²) in [4.78, 5) is 10.1. The molecule has 0 bridgehead atoms. The summed E-state index contributed by atoms with van der Waals surface area (Å²) in [5.74, 6) is -0.975. The molecule has 0 spiro atoms. The fourth-order valence-corrected chi connectivity index (χ4v) is 0.502. The minimum absolute atomic E-state index is 0.241. The highest BCUT2D eigenvalue weighted by Crippen LogP contribution is 2.05. The fraction of sp³-hybridized carbons (Fsp3) is 0.667. The van der Waals surface area contributed by atoms with Gasteiger partial charge in [0.05, 0.1) is 5.92 Å². The molecule has 0 aromatic carbocycles. The summed E-state index contributed by atoms with van der Waals surface area (Å²) in [5, 5.41) is 8.33. The molecule has 1 radical (unpaired) electrons. The van der Waals surface area contributed by atoms with Crippen LogP contribution in [0.15, 0.2) is 0 Å². The molecule has 1 N–H and O–H groups in total. The third kappa shape index (κ3) is 1.96. The number of aliphatic carboxylic acids is 1. The van der Waals surface area contributed by atoms with Crippen molar-refractivity contribution in [1.29, 1.82) is 0 Å². The summed E-state index contributed by atoms with van der Waals surface area (Å²) in [6.07, 6.45) is 1.17. The van der Waals surface area contributed by atoms with Crippen LogP contribution < -0.4 is 0 Å². The van der Waals surface area contributed by atoms with E-state index in [9.17, 15) is 4.79 Å². The normalized spacial score (nSPS) is 9.88. The monoisotopic (exact) mass is 115 g/mol. The van der Waals surface area contributed by atoms with E-state index in [0.717, 1.165) is 0 Å². The van der Waals surface area contributed by atoms with Crippen molar-refractivity contribution in [3.05, 3.63) is 6.92 Å². The number of carbonyl (C=O) groups is 1. The molecule has 1 atom stereocenters. The number of carboxylic acid groups (broad SMARTS) is 1. The Morgan fingerprint density at radius 2 is 2.38 bits per heavy atom. The number of hydrogen-bond acceptors (Lipinski definition) is 1. The first kappa shape index (κ1) is 7.47. The highest BCUT2D eigenvalue weighted by Gasteiger charge is 2.10. The van der Waals surface area contributed by atoms with E-state index in [0.29, 0.717) is 12.8 Å². The SMILES string of the molecule is [CH2]CC(CC)C(=O)O. The van der Waals surface area contributed by atoms with Crippen LogP contribution >= 0.6 is 0 Å². The summed E-state index contributed by atoms with van der Waals surface area (Å²) in [6, 6.07) is 0. The molecule has 0 aliphatic heterocycles. The molecule has 2 heteroatoms. The Kier molecular flexibility index (Phi) is 3.24. The molecule has 0 aromatic heterocycles. The molecule has 0 aromatic rings. The topological polar surface area (TPSA) is 37.3 Å². The zero-order valence-electron chi connectivity index (χ0n) is 5.05. The summed E-state index contributed by atoms with van der Waals surface area (Å²) in [7, 11) is 0. The van der Waals surface area contributed by atoms with E-state index in [1.54, 1.807) is 0 Å². The zero-order valence-corrected chi connectivity index (χ0v) is 5.05. The van der Waals surface area contributed by atoms with E-state index in [1.807, 2.05) is 6.92 Å². The lowest BCUT2D eigenvalue weighted by molar-refractivity contribution is -0.141. The molecule has 0 amide bonds. The first-order valence-electron chi connectivity index (χ1n) is 2.74. The second-order valence-electron chi connectivity index (χ2n) is 1.73. The molecule has 47 valence electrons. The first-order chi connectivity index (χ1) is 3.72. The van der Waals surface area contributed by atoms with Crippen molar-refractivity contribution >= 4 is 5.97 Å². The quantitative estimate of drug-likeness (QED) is 0.602. The van der Waals surface area contributed by atoms with E-state index < -0.39 is 5.97 Å². The molecule has 8 heavy (non-hydrogen) atoms. The van der Waals surface area contributed by atoms with Gasteiger partial charge in [0.25, 0.3) is 0 Å². The van der Waals surface area contributed by atoms with Crippen LogP contribution in [0.4, 0.5) is 0 Å². The maximum absolute atomic E-state index is 10.1. The van der Waals surface area contributed by atoms with Crippen LogP contribution in [0.3, 0.4) is 0 Å². The van der Waals surface area contributed by atoms with Crippen LogP contribution in [0.1, 0.15) is 19.8 Å². The highest BCUT2D eigenvalue weighted by molar-refractivity contribution is 5.69. The Morgan fingerprint density at radius 1 is 1.88 bits per heavy atom. The van der Waals surface area contributed by atoms with Crippen molar-refractivity contribution in [2.75, 3.05) is 0 Å². The average Bonchev–Trinajstić information content (AvgIpc) is 1.69. The number of rotatable bonds is 3. The Morgan fingerprint density at radius 3 is 2.38 bits per heavy atom. The molecular formula is C6H11O2. The second-order valence-corrected chi connectivity index (χ2v) is 1.73. The van der Waals surface area contributed by atoms with Crippen molar-refractivity contribution in [1.82, 2.24) is 0 Å². The van der Waals surface area contributed by atoms with Gasteiger partial charge >= 0.3 is 5.97 Å². The van der Waals surface area contributed by atoms with Crippen LogP contribution in [0.25, 0.3) is 0 Å². The second kappa shape index (κ2) is 3.47. The average molecular weight is 115 g/mol. The Bertz CT molecular complexity index is 74.6. The van der Waals surface area contributed by atoms with Crippen LogP contribution in [0.5, 0.6) is 0 Å². The van der Waals surface area contributed by atoms with Crippen LogP contribution in [0.2, 0.25) is 0 Å². The first-order valence-corrected chi connectivity index (χ1v) is 2.74. The van der Waals surface area contributed by atoms with Gasteiger partial charge < -0.3 is 5.11 Å². The van der Waals surface area contributed by atoms with Gasteiger partial charge in [-0.2, -0.15) is 0 Å². The fourth-order valence-electron chi connectivity index (χ4n) is 0.502. The molecule has 0 heterocycles. The molecule has 0 saturated heterocycles. The van der Waals surface area contributed by atoms with E-state index in [2.05, 4.69) is 6.92 Å². The smallest absolute Gasteiger partial charge is 0.306 e. The van der Waals surface area contributed by atoms with Gasteiger partial charge in [-0.1, -0.05) is 13.8 Å². The molecule has 2 nitrogen and oxygen atoms in total. The molecule has 0 saturated carbocycles. The van der Waals surface area contributed by atoms with Gasteiger partial charge in [0, 0.05) is 0 Å². The summed E-state index contributed by atoms with van der Waals surface area (Å²) in [5.41, 5.74) is 0. The van der Waals surface area contributed by atoms with E-state index >= 15 is 0 Å². The lowest BCUT2D eigenvalue weighted by atomic mass is 10.1. The highest BCUT2D eigenvalue weighted by atomic mass is 16.4. The Hall–Kier alpha value is -0.530. The van der Waals surface area contributed by atoms with Crippen molar-refractivity contribution in [3.8, 4) is 0 Å². The van der Waals surface area contributed by atoms with Gasteiger partial charge in [0.15, 0.2) is 0 Å². The minimum Gasteiger partial charge on any atom is -0.481 e. The van der Waals surface area contributed by atoms with Gasteiger partial charge in [-0.15, -0.1) is 0 Å². The lowest BCUT2D eigenvalue weighted by Crippen LogP contribution is -2.10. The summed E-state index contributed by atoms with van der Waals surface area (Å²) in [6.45, 7) is 5.35. The zero-order chi connectivity index (χ0) is 6.57. The summed E-state index contributed by atoms with van der Waals surface area (Å²) < 4.78 is 0. The molecular weight excluding hydrogens is 104 g/mol. The van der Waals surface area contributed by atoms with Crippen molar-refractivity contribution in [3.63, 3.8) is 0 Å². The van der Waals surface area contributed by atoms with E-state index in [4.69, 9.17) is 5.11 Å². The predicted octanol–water partition coefficient (Wildman–Crippen LogP) is 1.32. The largest absolute Gasteiger partial charge is 0.481 e.